The Labute approximate surface area is 189 Å². The van der Waals surface area contributed by atoms with E-state index in [0.717, 1.165) is 35.3 Å². The molecule has 0 fully saturated rings. The van der Waals surface area contributed by atoms with E-state index in [0.29, 0.717) is 5.56 Å². The maximum atomic E-state index is 12.2. The number of esters is 1. The van der Waals surface area contributed by atoms with Crippen LogP contribution in [0.1, 0.15) is 65.9 Å². The number of hydrogen-bond donors (Lipinski definition) is 0. The van der Waals surface area contributed by atoms with Gasteiger partial charge in [0.1, 0.15) is 5.75 Å². The van der Waals surface area contributed by atoms with E-state index in [-0.39, 0.29) is 17.1 Å². The Kier molecular flexibility index (Phi) is 8.12. The molecule has 0 amide bonds. The van der Waals surface area contributed by atoms with Crippen molar-refractivity contribution in [2.45, 2.75) is 71.7 Å². The highest BCUT2D eigenvalue weighted by Crippen LogP contribution is 2.41. The molecule has 0 saturated heterocycles. The lowest BCUT2D eigenvalue weighted by Crippen LogP contribution is -2.42. The molecule has 0 spiro atoms. The summed E-state index contributed by atoms with van der Waals surface area (Å²) in [4.78, 5) is 12.2. The second-order valence-corrected chi connectivity index (χ2v) is 14.5. The van der Waals surface area contributed by atoms with Crippen molar-refractivity contribution in [1.82, 2.24) is 0 Å². The molecular weight excluding hydrogens is 404 g/mol. The molecule has 0 N–H and O–H groups in total. The molecule has 0 aliphatic heterocycles. The van der Waals surface area contributed by atoms with Crippen molar-refractivity contribution in [1.29, 1.82) is 0 Å². The van der Waals surface area contributed by atoms with Crippen LogP contribution in [0, 0.1) is 13.8 Å². The number of carbonyl (C=O) groups is 1. The lowest BCUT2D eigenvalue weighted by molar-refractivity contribution is 0.0599. The number of carbonyl (C=O) groups excluding carboxylic acids is 1. The van der Waals surface area contributed by atoms with Crippen LogP contribution in [0.5, 0.6) is 5.75 Å². The minimum atomic E-state index is -2.00. The zero-order valence-corrected chi connectivity index (χ0v) is 21.6. The first-order valence-corrected chi connectivity index (χ1v) is 13.8. The molecule has 2 rings (SSSR count). The van der Waals surface area contributed by atoms with Gasteiger partial charge in [0.25, 0.3) is 0 Å². The normalized spacial score (nSPS) is 13.1. The third kappa shape index (κ3) is 6.20. The summed E-state index contributed by atoms with van der Waals surface area (Å²) < 4.78 is 17.3. The predicted molar refractivity (Wildman–Crippen MR) is 130 cm³/mol. The van der Waals surface area contributed by atoms with Crippen LogP contribution >= 0.6 is 0 Å². The van der Waals surface area contributed by atoms with Gasteiger partial charge >= 0.3 is 5.97 Å². The van der Waals surface area contributed by atoms with E-state index in [2.05, 4.69) is 58.1 Å². The molecule has 31 heavy (non-hydrogen) atoms. The molecule has 170 valence electrons. The molecule has 0 saturated carbocycles. The lowest BCUT2D eigenvalue weighted by atomic mass is 9.94. The van der Waals surface area contributed by atoms with E-state index in [4.69, 9.17) is 13.9 Å². The van der Waals surface area contributed by atoms with Crippen LogP contribution in [0.4, 0.5) is 0 Å². The highest BCUT2D eigenvalue weighted by molar-refractivity contribution is 6.74. The Hall–Kier alpha value is -2.11. The van der Waals surface area contributed by atoms with Crippen LogP contribution in [-0.2, 0) is 15.6 Å². The van der Waals surface area contributed by atoms with Gasteiger partial charge in [-0.2, -0.15) is 0 Å². The fraction of sp³-hybridized carbons (Fsp3) is 0.500. The number of benzene rings is 2. The van der Waals surface area contributed by atoms with Crippen LogP contribution in [0.3, 0.4) is 0 Å². The standard InChI is InChI=1S/C26H38O4Si/c1-18-15-21(16-19(2)24(18)25(27)29-7)23(30-31(8,9)26(3,4)5)14-13-20-11-10-12-22(17-20)28-6/h10-12,15-17,23H,13-14H2,1-9H3. The van der Waals surface area contributed by atoms with E-state index in [1.165, 1.54) is 12.7 Å². The summed E-state index contributed by atoms with van der Waals surface area (Å²) in [6, 6.07) is 12.4. The zero-order valence-electron chi connectivity index (χ0n) is 20.6. The van der Waals surface area contributed by atoms with Gasteiger partial charge in [0, 0.05) is 0 Å². The third-order valence-corrected chi connectivity index (χ3v) is 10.9. The fourth-order valence-electron chi connectivity index (χ4n) is 3.56. The number of ether oxygens (including phenoxy) is 2. The summed E-state index contributed by atoms with van der Waals surface area (Å²) in [6.07, 6.45) is 1.69. The van der Waals surface area contributed by atoms with Gasteiger partial charge in [-0.05, 0) is 79.2 Å². The van der Waals surface area contributed by atoms with E-state index in [1.807, 2.05) is 26.0 Å². The van der Waals surface area contributed by atoms with Crippen molar-refractivity contribution in [2.24, 2.45) is 0 Å². The Morgan fingerprint density at radius 3 is 2.16 bits per heavy atom. The van der Waals surface area contributed by atoms with Gasteiger partial charge in [-0.25, -0.2) is 4.79 Å². The molecule has 0 radical (unpaired) electrons. The third-order valence-electron chi connectivity index (χ3n) is 6.39. The SMILES string of the molecule is COC(=O)c1c(C)cc(C(CCc2cccc(OC)c2)O[Si](C)(C)C(C)(C)C)cc1C. The summed E-state index contributed by atoms with van der Waals surface area (Å²) in [5.74, 6) is 0.577. The molecule has 0 bridgehead atoms. The van der Waals surface area contributed by atoms with Crippen molar-refractivity contribution in [3.63, 3.8) is 0 Å². The van der Waals surface area contributed by atoms with Crippen LogP contribution in [-0.4, -0.2) is 28.5 Å². The second kappa shape index (κ2) is 10.0. The lowest BCUT2D eigenvalue weighted by Gasteiger charge is -2.39. The Morgan fingerprint density at radius 1 is 1.03 bits per heavy atom. The Morgan fingerprint density at radius 2 is 1.65 bits per heavy atom. The van der Waals surface area contributed by atoms with Gasteiger partial charge in [0.2, 0.25) is 0 Å². The first-order valence-electron chi connectivity index (χ1n) is 10.9. The molecular formula is C26H38O4Si. The number of rotatable bonds is 8. The topological polar surface area (TPSA) is 44.8 Å². The van der Waals surface area contributed by atoms with Crippen molar-refractivity contribution in [2.75, 3.05) is 14.2 Å². The van der Waals surface area contributed by atoms with Gasteiger partial charge in [-0.3, -0.25) is 0 Å². The maximum absolute atomic E-state index is 12.2. The van der Waals surface area contributed by atoms with Gasteiger partial charge in [-0.15, -0.1) is 0 Å². The summed E-state index contributed by atoms with van der Waals surface area (Å²) >= 11 is 0. The fourth-order valence-corrected chi connectivity index (χ4v) is 4.88. The molecule has 0 aliphatic carbocycles. The molecule has 5 heteroatoms. The average molecular weight is 443 g/mol. The summed E-state index contributed by atoms with van der Waals surface area (Å²) in [7, 11) is 1.11. The number of aryl methyl sites for hydroxylation is 3. The van der Waals surface area contributed by atoms with Gasteiger partial charge < -0.3 is 13.9 Å². The number of methoxy groups -OCH3 is 2. The maximum Gasteiger partial charge on any atom is 0.338 e. The summed E-state index contributed by atoms with van der Waals surface area (Å²) in [5.41, 5.74) is 4.84. The molecule has 2 aromatic carbocycles. The second-order valence-electron chi connectivity index (χ2n) is 9.78. The van der Waals surface area contributed by atoms with Crippen molar-refractivity contribution in [3.8, 4) is 5.75 Å². The smallest absolute Gasteiger partial charge is 0.338 e. The van der Waals surface area contributed by atoms with Gasteiger partial charge in [0.15, 0.2) is 8.32 Å². The van der Waals surface area contributed by atoms with E-state index in [9.17, 15) is 4.79 Å². The van der Waals surface area contributed by atoms with Gasteiger partial charge in [0.05, 0.1) is 25.9 Å². The molecule has 4 nitrogen and oxygen atoms in total. The van der Waals surface area contributed by atoms with Crippen molar-refractivity contribution >= 4 is 14.3 Å². The molecule has 0 heterocycles. The monoisotopic (exact) mass is 442 g/mol. The van der Waals surface area contributed by atoms with Crippen LogP contribution in [0.2, 0.25) is 18.1 Å². The number of hydrogen-bond acceptors (Lipinski definition) is 4. The molecule has 1 unspecified atom stereocenters. The zero-order chi connectivity index (χ0) is 23.4. The summed E-state index contributed by atoms with van der Waals surface area (Å²) in [5, 5.41) is 0.108. The molecule has 0 aliphatic rings. The summed E-state index contributed by atoms with van der Waals surface area (Å²) in [6.45, 7) is 15.3. The molecule has 0 aromatic heterocycles. The van der Waals surface area contributed by atoms with Crippen LogP contribution in [0.25, 0.3) is 0 Å². The quantitative estimate of drug-likeness (QED) is 0.333. The highest BCUT2D eigenvalue weighted by Gasteiger charge is 2.39. The van der Waals surface area contributed by atoms with E-state index in [1.54, 1.807) is 7.11 Å². The first kappa shape index (κ1) is 25.2. The van der Waals surface area contributed by atoms with Gasteiger partial charge in [-0.1, -0.05) is 45.0 Å². The van der Waals surface area contributed by atoms with E-state index >= 15 is 0 Å². The highest BCUT2D eigenvalue weighted by atomic mass is 28.4. The largest absolute Gasteiger partial charge is 0.497 e. The predicted octanol–water partition coefficient (Wildman–Crippen LogP) is 6.79. The van der Waals surface area contributed by atoms with Crippen molar-refractivity contribution < 1.29 is 18.7 Å². The Balaban J connectivity index is 2.40. The molecule has 1 atom stereocenters. The van der Waals surface area contributed by atoms with Crippen LogP contribution in [0.15, 0.2) is 36.4 Å². The minimum absolute atomic E-state index is 0.0452. The Bertz CT molecular complexity index is 889. The molecule has 2 aromatic rings. The van der Waals surface area contributed by atoms with Crippen LogP contribution < -0.4 is 4.74 Å². The van der Waals surface area contributed by atoms with Crippen molar-refractivity contribution in [3.05, 3.63) is 64.2 Å². The average Bonchev–Trinajstić information content (AvgIpc) is 2.69. The first-order chi connectivity index (χ1) is 14.4. The minimum Gasteiger partial charge on any atom is -0.497 e. The van der Waals surface area contributed by atoms with E-state index < -0.39 is 8.32 Å².